The molecule has 0 saturated carbocycles. The van der Waals surface area contributed by atoms with E-state index in [1.807, 2.05) is 6.92 Å². The fourth-order valence-corrected chi connectivity index (χ4v) is 0.997. The lowest BCUT2D eigenvalue weighted by atomic mass is 10.2. The van der Waals surface area contributed by atoms with E-state index >= 15 is 0 Å². The standard InChI is InChI=1S/C14H22/c1-3-5-7-9-11-13-14-12-10-8-6-4-2/h3,5,9-14H,4,6-8H2,1-2H3/b5-3+,11-9+,12-10+,14-13+. The zero-order valence-electron chi connectivity index (χ0n) is 9.45. The quantitative estimate of drug-likeness (QED) is 0.307. The molecule has 0 aromatic carbocycles. The number of allylic oxidation sites excluding steroid dienone is 8. The first kappa shape index (κ1) is 13.0. The van der Waals surface area contributed by atoms with Crippen molar-refractivity contribution < 1.29 is 0 Å². The van der Waals surface area contributed by atoms with E-state index < -0.39 is 0 Å². The predicted octanol–water partition coefficient (Wildman–Crippen LogP) is 4.81. The zero-order valence-corrected chi connectivity index (χ0v) is 9.45. The largest absolute Gasteiger partial charge is 0.0914 e. The highest BCUT2D eigenvalue weighted by Gasteiger charge is 1.74. The zero-order chi connectivity index (χ0) is 10.5. The summed E-state index contributed by atoms with van der Waals surface area (Å²) in [5.41, 5.74) is 0. The summed E-state index contributed by atoms with van der Waals surface area (Å²) in [6.07, 6.45) is 21.7. The molecule has 78 valence electrons. The van der Waals surface area contributed by atoms with Crippen LogP contribution in [0.1, 0.15) is 39.5 Å². The highest BCUT2D eigenvalue weighted by molar-refractivity contribution is 5.11. The second-order valence-electron chi connectivity index (χ2n) is 3.19. The Morgan fingerprint density at radius 3 is 2.21 bits per heavy atom. The SMILES string of the molecule is C/C=C/C/C=C/C=C/C=C/CCCC. The third kappa shape index (κ3) is 11.0. The van der Waals surface area contributed by atoms with Crippen molar-refractivity contribution in [2.45, 2.75) is 39.5 Å². The number of unbranched alkanes of at least 4 members (excludes halogenated alkanes) is 2. The van der Waals surface area contributed by atoms with Crippen LogP contribution in [0.2, 0.25) is 0 Å². The third-order valence-corrected chi connectivity index (χ3v) is 1.84. The maximum absolute atomic E-state index is 2.22. The lowest BCUT2D eigenvalue weighted by Crippen LogP contribution is -1.64. The molecule has 0 bridgehead atoms. The van der Waals surface area contributed by atoms with Gasteiger partial charge in [-0.15, -0.1) is 0 Å². The molecule has 0 fully saturated rings. The predicted molar refractivity (Wildman–Crippen MR) is 66.4 cm³/mol. The molecular weight excluding hydrogens is 168 g/mol. The fraction of sp³-hybridized carbons (Fsp3) is 0.429. The van der Waals surface area contributed by atoms with Crippen LogP contribution in [0.3, 0.4) is 0 Å². The van der Waals surface area contributed by atoms with E-state index in [2.05, 4.69) is 55.5 Å². The van der Waals surface area contributed by atoms with Crippen molar-refractivity contribution in [1.29, 1.82) is 0 Å². The highest BCUT2D eigenvalue weighted by Crippen LogP contribution is 1.95. The summed E-state index contributed by atoms with van der Waals surface area (Å²) < 4.78 is 0. The number of rotatable bonds is 7. The third-order valence-electron chi connectivity index (χ3n) is 1.84. The molecular formula is C14H22. The van der Waals surface area contributed by atoms with Gasteiger partial charge in [0.05, 0.1) is 0 Å². The maximum Gasteiger partial charge on any atom is -0.0166 e. The molecule has 0 aromatic heterocycles. The minimum Gasteiger partial charge on any atom is -0.0914 e. The van der Waals surface area contributed by atoms with Gasteiger partial charge in [-0.25, -0.2) is 0 Å². The first-order valence-electron chi connectivity index (χ1n) is 5.51. The van der Waals surface area contributed by atoms with Gasteiger partial charge in [-0.1, -0.05) is 68.4 Å². The summed E-state index contributed by atoms with van der Waals surface area (Å²) >= 11 is 0. The van der Waals surface area contributed by atoms with Crippen LogP contribution >= 0.6 is 0 Å². The van der Waals surface area contributed by atoms with Crippen molar-refractivity contribution >= 4 is 0 Å². The van der Waals surface area contributed by atoms with E-state index in [0.29, 0.717) is 0 Å². The van der Waals surface area contributed by atoms with Crippen LogP contribution in [-0.4, -0.2) is 0 Å². The molecule has 0 nitrogen and oxygen atoms in total. The van der Waals surface area contributed by atoms with Gasteiger partial charge in [0, 0.05) is 0 Å². The Morgan fingerprint density at radius 2 is 1.57 bits per heavy atom. The van der Waals surface area contributed by atoms with Crippen molar-refractivity contribution in [3.05, 3.63) is 48.6 Å². The van der Waals surface area contributed by atoms with Gasteiger partial charge >= 0.3 is 0 Å². The molecule has 0 spiro atoms. The van der Waals surface area contributed by atoms with Crippen molar-refractivity contribution in [1.82, 2.24) is 0 Å². The van der Waals surface area contributed by atoms with Gasteiger partial charge in [0.15, 0.2) is 0 Å². The molecule has 0 saturated heterocycles. The molecule has 0 aliphatic carbocycles. The van der Waals surface area contributed by atoms with Gasteiger partial charge in [-0.05, 0) is 19.8 Å². The van der Waals surface area contributed by atoms with Gasteiger partial charge < -0.3 is 0 Å². The molecule has 0 atom stereocenters. The Morgan fingerprint density at radius 1 is 0.857 bits per heavy atom. The highest BCUT2D eigenvalue weighted by atomic mass is 13.8. The Bertz CT molecular complexity index is 204. The van der Waals surface area contributed by atoms with Gasteiger partial charge in [0.1, 0.15) is 0 Å². The van der Waals surface area contributed by atoms with Crippen molar-refractivity contribution in [3.8, 4) is 0 Å². The average Bonchev–Trinajstić information content (AvgIpc) is 2.21. The van der Waals surface area contributed by atoms with E-state index in [1.54, 1.807) is 0 Å². The molecule has 0 amide bonds. The monoisotopic (exact) mass is 190 g/mol. The molecule has 0 aromatic rings. The van der Waals surface area contributed by atoms with E-state index in [1.165, 1.54) is 19.3 Å². The van der Waals surface area contributed by atoms with Crippen LogP contribution in [0, 0.1) is 0 Å². The van der Waals surface area contributed by atoms with Crippen LogP contribution in [0.25, 0.3) is 0 Å². The molecule has 0 aliphatic rings. The summed E-state index contributed by atoms with van der Waals surface area (Å²) in [6.45, 7) is 4.26. The molecule has 0 rings (SSSR count). The van der Waals surface area contributed by atoms with E-state index in [0.717, 1.165) is 6.42 Å². The van der Waals surface area contributed by atoms with Gasteiger partial charge in [-0.3, -0.25) is 0 Å². The van der Waals surface area contributed by atoms with Crippen LogP contribution < -0.4 is 0 Å². The minimum atomic E-state index is 1.03. The number of hydrogen-bond donors (Lipinski definition) is 0. The summed E-state index contributed by atoms with van der Waals surface area (Å²) in [4.78, 5) is 0. The Balaban J connectivity index is 3.42. The average molecular weight is 190 g/mol. The van der Waals surface area contributed by atoms with Crippen molar-refractivity contribution in [2.24, 2.45) is 0 Å². The normalized spacial score (nSPS) is 13.0. The lowest BCUT2D eigenvalue weighted by Gasteiger charge is -1.85. The first-order valence-corrected chi connectivity index (χ1v) is 5.51. The molecule has 14 heavy (non-hydrogen) atoms. The van der Waals surface area contributed by atoms with E-state index in [9.17, 15) is 0 Å². The summed E-state index contributed by atoms with van der Waals surface area (Å²) in [5, 5.41) is 0. The van der Waals surface area contributed by atoms with Crippen molar-refractivity contribution in [3.63, 3.8) is 0 Å². The molecule has 0 unspecified atom stereocenters. The van der Waals surface area contributed by atoms with Gasteiger partial charge in [-0.2, -0.15) is 0 Å². The van der Waals surface area contributed by atoms with Crippen LogP contribution in [0.5, 0.6) is 0 Å². The molecule has 0 heterocycles. The summed E-state index contributed by atoms with van der Waals surface area (Å²) in [7, 11) is 0. The van der Waals surface area contributed by atoms with Crippen LogP contribution in [0.15, 0.2) is 48.6 Å². The topological polar surface area (TPSA) is 0 Å². The Labute approximate surface area is 88.7 Å². The Hall–Kier alpha value is -1.04. The first-order chi connectivity index (χ1) is 6.91. The molecule has 0 aliphatic heterocycles. The Kier molecular flexibility index (Phi) is 11.1. The molecule has 0 radical (unpaired) electrons. The fourth-order valence-electron chi connectivity index (χ4n) is 0.997. The van der Waals surface area contributed by atoms with Crippen LogP contribution in [-0.2, 0) is 0 Å². The lowest BCUT2D eigenvalue weighted by molar-refractivity contribution is 0.815. The molecule has 0 heteroatoms. The molecule has 0 N–H and O–H groups in total. The maximum atomic E-state index is 2.22. The van der Waals surface area contributed by atoms with Crippen LogP contribution in [0.4, 0.5) is 0 Å². The smallest absolute Gasteiger partial charge is 0.0166 e. The van der Waals surface area contributed by atoms with Gasteiger partial charge in [0.25, 0.3) is 0 Å². The minimum absolute atomic E-state index is 1.03. The van der Waals surface area contributed by atoms with Crippen molar-refractivity contribution in [2.75, 3.05) is 0 Å². The number of hydrogen-bond acceptors (Lipinski definition) is 0. The van der Waals surface area contributed by atoms with E-state index in [4.69, 9.17) is 0 Å². The van der Waals surface area contributed by atoms with Gasteiger partial charge in [0.2, 0.25) is 0 Å². The van der Waals surface area contributed by atoms with E-state index in [-0.39, 0.29) is 0 Å². The second kappa shape index (κ2) is 12.0. The summed E-state index contributed by atoms with van der Waals surface area (Å²) in [6, 6.07) is 0. The second-order valence-corrected chi connectivity index (χ2v) is 3.19. The summed E-state index contributed by atoms with van der Waals surface area (Å²) in [5.74, 6) is 0.